The van der Waals surface area contributed by atoms with Gasteiger partial charge in [-0.3, -0.25) is 4.79 Å². The van der Waals surface area contributed by atoms with Crippen LogP contribution in [0.4, 0.5) is 18.9 Å². The second-order valence-corrected chi connectivity index (χ2v) is 6.97. The summed E-state index contributed by atoms with van der Waals surface area (Å²) in [6, 6.07) is 4.41. The zero-order valence-corrected chi connectivity index (χ0v) is 15.6. The summed E-state index contributed by atoms with van der Waals surface area (Å²) >= 11 is 6.26. The molecule has 0 amide bonds. The van der Waals surface area contributed by atoms with E-state index < -0.39 is 17.3 Å². The van der Waals surface area contributed by atoms with Gasteiger partial charge in [0, 0.05) is 20.2 Å². The van der Waals surface area contributed by atoms with Gasteiger partial charge in [-0.15, -0.1) is 0 Å². The minimum atomic E-state index is -4.51. The largest absolute Gasteiger partial charge is 0.416 e. The van der Waals surface area contributed by atoms with E-state index in [0.29, 0.717) is 24.7 Å². The van der Waals surface area contributed by atoms with Gasteiger partial charge in [0.05, 0.1) is 29.2 Å². The van der Waals surface area contributed by atoms with Gasteiger partial charge in [0.25, 0.3) is 5.56 Å². The molecule has 146 valence electrons. The fourth-order valence-corrected chi connectivity index (χ4v) is 3.45. The summed E-state index contributed by atoms with van der Waals surface area (Å²) in [5, 5.41) is 3.97. The van der Waals surface area contributed by atoms with Gasteiger partial charge < -0.3 is 9.64 Å². The van der Waals surface area contributed by atoms with Crippen molar-refractivity contribution in [3.63, 3.8) is 0 Å². The Balaban J connectivity index is 1.96. The summed E-state index contributed by atoms with van der Waals surface area (Å²) in [4.78, 5) is 14.6. The first-order valence-electron chi connectivity index (χ1n) is 8.45. The van der Waals surface area contributed by atoms with E-state index in [1.807, 2.05) is 4.90 Å². The Hall–Kier alpha value is -2.06. The molecule has 0 spiro atoms. The quantitative estimate of drug-likeness (QED) is 0.785. The number of methoxy groups -OCH3 is 1. The maximum absolute atomic E-state index is 12.9. The highest BCUT2D eigenvalue weighted by molar-refractivity contribution is 6.33. The molecule has 1 aliphatic rings. The zero-order chi connectivity index (χ0) is 19.8. The lowest BCUT2D eigenvalue weighted by atomic mass is 9.95. The van der Waals surface area contributed by atoms with E-state index in [2.05, 4.69) is 12.0 Å². The third kappa shape index (κ3) is 3.96. The molecule has 0 radical (unpaired) electrons. The molecule has 5 nitrogen and oxygen atoms in total. The number of benzene rings is 1. The molecule has 1 aromatic heterocycles. The van der Waals surface area contributed by atoms with Crippen molar-refractivity contribution in [2.24, 2.45) is 5.92 Å². The first-order valence-corrected chi connectivity index (χ1v) is 8.83. The third-order valence-corrected chi connectivity index (χ3v) is 5.21. The second-order valence-electron chi connectivity index (χ2n) is 6.59. The van der Waals surface area contributed by atoms with Crippen LogP contribution >= 0.6 is 11.6 Å². The minimum absolute atomic E-state index is 0.000662. The molecule has 1 fully saturated rings. The van der Waals surface area contributed by atoms with Crippen LogP contribution in [0.3, 0.4) is 0 Å². The smallest absolute Gasteiger partial charge is 0.379 e. The van der Waals surface area contributed by atoms with E-state index in [4.69, 9.17) is 16.3 Å². The van der Waals surface area contributed by atoms with Gasteiger partial charge in [-0.05, 0) is 30.5 Å². The summed E-state index contributed by atoms with van der Waals surface area (Å²) in [5.74, 6) is 0.378. The molecule has 0 aliphatic carbocycles. The Kier molecular flexibility index (Phi) is 5.48. The Bertz CT molecular complexity index is 885. The number of hydrogen-bond donors (Lipinski definition) is 0. The van der Waals surface area contributed by atoms with E-state index in [1.54, 1.807) is 7.11 Å². The van der Waals surface area contributed by atoms with Crippen LogP contribution in [0.5, 0.6) is 0 Å². The summed E-state index contributed by atoms with van der Waals surface area (Å²) in [6.45, 7) is 3.35. The maximum atomic E-state index is 12.9. The highest BCUT2D eigenvalue weighted by atomic mass is 35.5. The first kappa shape index (κ1) is 19.7. The number of piperidine rings is 1. The number of ether oxygens (including phenoxy) is 1. The summed E-state index contributed by atoms with van der Waals surface area (Å²) in [5.41, 5.74) is -1.06. The molecule has 3 rings (SSSR count). The number of anilines is 1. The molecule has 2 unspecified atom stereocenters. The van der Waals surface area contributed by atoms with Crippen molar-refractivity contribution in [1.29, 1.82) is 0 Å². The number of aromatic nitrogens is 2. The Labute approximate surface area is 159 Å². The normalized spacial score (nSPS) is 20.7. The first-order chi connectivity index (χ1) is 12.7. The number of halogens is 4. The fraction of sp³-hybridized carbons (Fsp3) is 0.444. The molecule has 9 heteroatoms. The van der Waals surface area contributed by atoms with E-state index >= 15 is 0 Å². The van der Waals surface area contributed by atoms with Crippen LogP contribution in [-0.2, 0) is 10.9 Å². The lowest BCUT2D eigenvalue weighted by Crippen LogP contribution is -2.44. The van der Waals surface area contributed by atoms with E-state index in [0.717, 1.165) is 23.2 Å². The van der Waals surface area contributed by atoms with Crippen molar-refractivity contribution in [3.8, 4) is 5.69 Å². The van der Waals surface area contributed by atoms with Crippen molar-refractivity contribution in [3.05, 3.63) is 51.4 Å². The lowest BCUT2D eigenvalue weighted by molar-refractivity contribution is -0.137. The monoisotopic (exact) mass is 401 g/mol. The van der Waals surface area contributed by atoms with Gasteiger partial charge >= 0.3 is 6.18 Å². The third-order valence-electron chi connectivity index (χ3n) is 4.85. The van der Waals surface area contributed by atoms with Crippen LogP contribution < -0.4 is 10.5 Å². The van der Waals surface area contributed by atoms with Crippen LogP contribution in [0.25, 0.3) is 5.69 Å². The molecule has 0 saturated carbocycles. The Morgan fingerprint density at radius 3 is 2.74 bits per heavy atom. The van der Waals surface area contributed by atoms with Crippen LogP contribution in [0.15, 0.2) is 35.3 Å². The summed E-state index contributed by atoms with van der Waals surface area (Å²) in [7, 11) is 1.64. The van der Waals surface area contributed by atoms with Crippen LogP contribution in [0, 0.1) is 5.92 Å². The number of hydrogen-bond acceptors (Lipinski definition) is 4. The molecule has 0 bridgehead atoms. The van der Waals surface area contributed by atoms with Crippen molar-refractivity contribution >= 4 is 17.3 Å². The van der Waals surface area contributed by atoms with Crippen molar-refractivity contribution in [1.82, 2.24) is 9.78 Å². The molecule has 2 atom stereocenters. The summed E-state index contributed by atoms with van der Waals surface area (Å²) in [6.07, 6.45) is -2.23. The topological polar surface area (TPSA) is 47.4 Å². The molecule has 27 heavy (non-hydrogen) atoms. The van der Waals surface area contributed by atoms with E-state index in [1.165, 1.54) is 18.3 Å². The Morgan fingerprint density at radius 2 is 2.07 bits per heavy atom. The maximum Gasteiger partial charge on any atom is 0.416 e. The molecular formula is C18H19ClF3N3O2. The van der Waals surface area contributed by atoms with E-state index in [9.17, 15) is 18.0 Å². The lowest BCUT2D eigenvalue weighted by Gasteiger charge is -2.37. The van der Waals surface area contributed by atoms with Crippen molar-refractivity contribution < 1.29 is 17.9 Å². The molecular weight excluding hydrogens is 383 g/mol. The molecule has 1 aromatic carbocycles. The molecule has 2 aromatic rings. The van der Waals surface area contributed by atoms with Crippen molar-refractivity contribution in [2.75, 3.05) is 25.1 Å². The summed E-state index contributed by atoms with van der Waals surface area (Å²) < 4.78 is 45.1. The minimum Gasteiger partial charge on any atom is -0.379 e. The van der Waals surface area contributed by atoms with Gasteiger partial charge in [-0.25, -0.2) is 0 Å². The standard InChI is InChI=1S/C18H19ClF3N3O2/c1-11-6-7-24(10-15(11)27-2)14-9-23-25(17(26)16(14)19)13-5-3-4-12(8-13)18(20,21)22/h3-5,8-9,11,15H,6-7,10H2,1-2H3. The predicted molar refractivity (Wildman–Crippen MR) is 96.6 cm³/mol. The van der Waals surface area contributed by atoms with Crippen LogP contribution in [-0.4, -0.2) is 36.1 Å². The fourth-order valence-electron chi connectivity index (χ4n) is 3.20. The molecule has 1 aliphatic heterocycles. The van der Waals surface area contributed by atoms with Crippen LogP contribution in [0.2, 0.25) is 5.02 Å². The highest BCUT2D eigenvalue weighted by Crippen LogP contribution is 2.31. The Morgan fingerprint density at radius 1 is 1.33 bits per heavy atom. The van der Waals surface area contributed by atoms with Crippen molar-refractivity contribution in [2.45, 2.75) is 25.6 Å². The predicted octanol–water partition coefficient (Wildman–Crippen LogP) is 3.77. The van der Waals surface area contributed by atoms with Gasteiger partial charge in [-0.2, -0.15) is 23.0 Å². The zero-order valence-electron chi connectivity index (χ0n) is 14.8. The molecule has 2 heterocycles. The van der Waals surface area contributed by atoms with Crippen LogP contribution in [0.1, 0.15) is 18.9 Å². The number of nitrogens with zero attached hydrogens (tertiary/aromatic N) is 3. The highest BCUT2D eigenvalue weighted by Gasteiger charge is 2.31. The molecule has 1 saturated heterocycles. The molecule has 0 N–H and O–H groups in total. The van der Waals surface area contributed by atoms with E-state index in [-0.39, 0.29) is 16.8 Å². The van der Waals surface area contributed by atoms with Gasteiger partial charge in [0.1, 0.15) is 5.02 Å². The van der Waals surface area contributed by atoms with Gasteiger partial charge in [0.15, 0.2) is 0 Å². The van der Waals surface area contributed by atoms with Gasteiger partial charge in [0.2, 0.25) is 0 Å². The average molecular weight is 402 g/mol. The second kappa shape index (κ2) is 7.52. The average Bonchev–Trinajstić information content (AvgIpc) is 2.64. The van der Waals surface area contributed by atoms with Gasteiger partial charge in [-0.1, -0.05) is 24.6 Å². The SMILES string of the molecule is COC1CN(c2cnn(-c3cccc(C(F)(F)F)c3)c(=O)c2Cl)CCC1C. The number of alkyl halides is 3. The number of rotatable bonds is 3.